The van der Waals surface area contributed by atoms with E-state index in [1.807, 2.05) is 30.3 Å². The first-order chi connectivity index (χ1) is 19.2. The molecule has 0 spiro atoms. The van der Waals surface area contributed by atoms with Crippen LogP contribution in [0.25, 0.3) is 17.5 Å². The summed E-state index contributed by atoms with van der Waals surface area (Å²) in [6.45, 7) is 0.223. The van der Waals surface area contributed by atoms with E-state index in [1.54, 1.807) is 36.4 Å². The number of benzene rings is 3. The van der Waals surface area contributed by atoms with Gasteiger partial charge in [-0.05, 0) is 47.0 Å². The molecule has 0 aliphatic carbocycles. The van der Waals surface area contributed by atoms with Gasteiger partial charge < -0.3 is 11.1 Å². The van der Waals surface area contributed by atoms with Gasteiger partial charge in [-0.15, -0.1) is 11.3 Å². The van der Waals surface area contributed by atoms with Crippen molar-refractivity contribution >= 4 is 81.1 Å². The molecule has 0 saturated heterocycles. The molecule has 1 atom stereocenters. The summed E-state index contributed by atoms with van der Waals surface area (Å²) in [5.41, 5.74) is 8.01. The minimum absolute atomic E-state index is 0.0116. The molecule has 1 amide bonds. The van der Waals surface area contributed by atoms with Crippen LogP contribution in [0.3, 0.4) is 0 Å². The van der Waals surface area contributed by atoms with Crippen molar-refractivity contribution in [1.29, 1.82) is 5.26 Å². The molecule has 5 rings (SSSR count). The number of amides is 1. The van der Waals surface area contributed by atoms with E-state index in [1.165, 1.54) is 10.6 Å². The van der Waals surface area contributed by atoms with Crippen molar-refractivity contribution in [2.75, 3.05) is 0 Å². The van der Waals surface area contributed by atoms with Gasteiger partial charge in [0.1, 0.15) is 10.5 Å². The SMILES string of the molecule is N#CC1=C(N)n2c(s/c(=C\c3ccc(Cl)cc3Cl)c2=O)=C(C(=O)NCc2ccccc2)C1c1ccc(Cl)cc1Cl. The van der Waals surface area contributed by atoms with Crippen LogP contribution >= 0.6 is 57.7 Å². The molecule has 0 radical (unpaired) electrons. The second-order valence-corrected chi connectivity index (χ2v) is 11.5. The summed E-state index contributed by atoms with van der Waals surface area (Å²) < 4.78 is 1.73. The van der Waals surface area contributed by atoms with Crippen molar-refractivity contribution in [1.82, 2.24) is 9.88 Å². The number of carbonyl (C=O) groups excluding carboxylic acids is 1. The maximum Gasteiger partial charge on any atom is 0.274 e. The molecular formula is C29H18Cl4N4O2S. The number of carbonyl (C=O) groups is 1. The summed E-state index contributed by atoms with van der Waals surface area (Å²) in [5.74, 6) is -1.52. The highest BCUT2D eigenvalue weighted by Gasteiger charge is 2.36. The number of rotatable bonds is 5. The zero-order valence-electron chi connectivity index (χ0n) is 20.4. The van der Waals surface area contributed by atoms with Gasteiger partial charge in [0.25, 0.3) is 11.5 Å². The number of nitrogens with two attached hydrogens (primary N) is 1. The molecule has 6 nitrogen and oxygen atoms in total. The summed E-state index contributed by atoms with van der Waals surface area (Å²) in [5, 5.41) is 14.6. The number of nitrogens with one attached hydrogen (secondary N) is 1. The van der Waals surface area contributed by atoms with Crippen LogP contribution in [0.2, 0.25) is 20.1 Å². The average Bonchev–Trinajstić information content (AvgIpc) is 3.25. The van der Waals surface area contributed by atoms with Crippen LogP contribution in [-0.4, -0.2) is 10.5 Å². The Kier molecular flexibility index (Phi) is 8.09. The quantitative estimate of drug-likeness (QED) is 0.315. The van der Waals surface area contributed by atoms with E-state index in [4.69, 9.17) is 52.1 Å². The van der Waals surface area contributed by atoms with Gasteiger partial charge in [0.2, 0.25) is 0 Å². The van der Waals surface area contributed by atoms with Crippen LogP contribution in [0.5, 0.6) is 0 Å². The van der Waals surface area contributed by atoms with Gasteiger partial charge in [-0.2, -0.15) is 5.26 Å². The Balaban J connectivity index is 1.79. The number of hydrogen-bond acceptors (Lipinski definition) is 5. The van der Waals surface area contributed by atoms with E-state index in [2.05, 4.69) is 11.4 Å². The maximum absolute atomic E-state index is 13.9. The molecule has 1 aliphatic heterocycles. The molecule has 1 unspecified atom stereocenters. The molecule has 1 aliphatic rings. The molecule has 3 N–H and O–H groups in total. The molecule has 0 saturated carbocycles. The number of nitrogens with zero attached hydrogens (tertiary/aromatic N) is 2. The third-order valence-corrected chi connectivity index (χ3v) is 8.56. The number of nitriles is 1. The number of fused-ring (bicyclic) bond motifs is 1. The monoisotopic (exact) mass is 626 g/mol. The van der Waals surface area contributed by atoms with Gasteiger partial charge in [0.05, 0.1) is 27.7 Å². The predicted octanol–water partition coefficient (Wildman–Crippen LogP) is 5.27. The molecule has 4 aromatic rings. The minimum Gasteiger partial charge on any atom is -0.384 e. The molecule has 40 heavy (non-hydrogen) atoms. The smallest absolute Gasteiger partial charge is 0.274 e. The summed E-state index contributed by atoms with van der Waals surface area (Å²) in [7, 11) is 0. The minimum atomic E-state index is -0.949. The lowest BCUT2D eigenvalue weighted by Gasteiger charge is -2.26. The normalized spacial score (nSPS) is 15.1. The Morgan fingerprint density at radius 3 is 2.35 bits per heavy atom. The second-order valence-electron chi connectivity index (χ2n) is 8.81. The molecule has 0 bridgehead atoms. The van der Waals surface area contributed by atoms with Gasteiger partial charge in [-0.25, -0.2) is 0 Å². The summed E-state index contributed by atoms with van der Waals surface area (Å²) in [4.78, 5) is 27.5. The Hall–Kier alpha value is -3.51. The second kappa shape index (κ2) is 11.5. The molecule has 1 aromatic heterocycles. The standard InChI is InChI=1S/C29H18Cl4N4O2S/c30-17-7-6-16(21(32)11-17)10-23-28(39)37-26(35)20(13-34)24(19-9-8-18(31)12-22(19)33)25(29(37)40-23)27(38)36-14-15-4-2-1-3-5-15/h1-12,24H,14,35H2,(H,36,38)/b23-10-. The fourth-order valence-electron chi connectivity index (χ4n) is 4.45. The lowest BCUT2D eigenvalue weighted by Crippen LogP contribution is -2.42. The average molecular weight is 628 g/mol. The topological polar surface area (TPSA) is 101 Å². The molecule has 2 heterocycles. The van der Waals surface area contributed by atoms with E-state index in [0.717, 1.165) is 16.9 Å². The number of thiazole rings is 1. The highest BCUT2D eigenvalue weighted by molar-refractivity contribution is 7.07. The van der Waals surface area contributed by atoms with E-state index >= 15 is 0 Å². The highest BCUT2D eigenvalue weighted by atomic mass is 35.5. The van der Waals surface area contributed by atoms with Crippen molar-refractivity contribution in [2.24, 2.45) is 5.73 Å². The fourth-order valence-corrected chi connectivity index (χ4v) is 6.59. The zero-order chi connectivity index (χ0) is 28.6. The van der Waals surface area contributed by atoms with Crippen molar-refractivity contribution in [3.05, 3.63) is 129 Å². The predicted molar refractivity (Wildman–Crippen MR) is 162 cm³/mol. The third-order valence-electron chi connectivity index (χ3n) is 6.33. The Morgan fingerprint density at radius 2 is 1.70 bits per heavy atom. The van der Waals surface area contributed by atoms with Crippen LogP contribution in [0, 0.1) is 11.3 Å². The Morgan fingerprint density at radius 1 is 1.02 bits per heavy atom. The first-order valence-electron chi connectivity index (χ1n) is 11.8. The number of hydrogen-bond donors (Lipinski definition) is 2. The van der Waals surface area contributed by atoms with E-state index in [-0.39, 0.29) is 37.7 Å². The van der Waals surface area contributed by atoms with Gasteiger partial charge in [-0.3, -0.25) is 14.2 Å². The fraction of sp³-hybridized carbons (Fsp3) is 0.0690. The van der Waals surface area contributed by atoms with Gasteiger partial charge >= 0.3 is 0 Å². The summed E-state index contributed by atoms with van der Waals surface area (Å²) in [6.07, 6.45) is 1.60. The van der Waals surface area contributed by atoms with E-state index in [0.29, 0.717) is 26.2 Å². The number of halogens is 4. The Labute approximate surface area is 252 Å². The molecular weight excluding hydrogens is 610 g/mol. The van der Waals surface area contributed by atoms with Gasteiger partial charge in [-0.1, -0.05) is 88.9 Å². The lowest BCUT2D eigenvalue weighted by atomic mass is 9.83. The zero-order valence-corrected chi connectivity index (χ0v) is 24.3. The summed E-state index contributed by atoms with van der Waals surface area (Å²) in [6, 6.07) is 21.2. The van der Waals surface area contributed by atoms with Crippen molar-refractivity contribution in [2.45, 2.75) is 12.5 Å². The molecule has 0 fully saturated rings. The van der Waals surface area contributed by atoms with Crippen LogP contribution in [-0.2, 0) is 11.3 Å². The maximum atomic E-state index is 13.9. The summed E-state index contributed by atoms with van der Waals surface area (Å²) >= 11 is 26.2. The van der Waals surface area contributed by atoms with E-state index in [9.17, 15) is 14.9 Å². The molecule has 200 valence electrons. The lowest BCUT2D eigenvalue weighted by molar-refractivity contribution is -0.116. The van der Waals surface area contributed by atoms with E-state index < -0.39 is 17.4 Å². The molecule has 3 aromatic carbocycles. The highest BCUT2D eigenvalue weighted by Crippen LogP contribution is 2.40. The van der Waals surface area contributed by atoms with Crippen LogP contribution < -0.4 is 25.8 Å². The Bertz CT molecular complexity index is 1920. The molecule has 11 heteroatoms. The first kappa shape index (κ1) is 28.0. The third kappa shape index (κ3) is 5.29. The van der Waals surface area contributed by atoms with Crippen LogP contribution in [0.1, 0.15) is 22.6 Å². The van der Waals surface area contributed by atoms with Crippen molar-refractivity contribution in [3.63, 3.8) is 0 Å². The van der Waals surface area contributed by atoms with Crippen molar-refractivity contribution < 1.29 is 4.79 Å². The van der Waals surface area contributed by atoms with Crippen LogP contribution in [0.4, 0.5) is 0 Å². The van der Waals surface area contributed by atoms with Crippen LogP contribution in [0.15, 0.2) is 77.1 Å². The number of aromatic nitrogens is 1. The first-order valence-corrected chi connectivity index (χ1v) is 14.1. The van der Waals surface area contributed by atoms with Crippen molar-refractivity contribution in [3.8, 4) is 6.07 Å². The van der Waals surface area contributed by atoms with Gasteiger partial charge in [0.15, 0.2) is 0 Å². The number of allylic oxidation sites excluding steroid dienone is 1. The van der Waals surface area contributed by atoms with Gasteiger partial charge in [0, 0.05) is 26.6 Å². The largest absolute Gasteiger partial charge is 0.384 e.